The molecule has 0 aromatic heterocycles. The first-order valence-corrected chi connectivity index (χ1v) is 9.46. The van der Waals surface area contributed by atoms with E-state index >= 15 is 0 Å². The van der Waals surface area contributed by atoms with Crippen molar-refractivity contribution in [2.75, 3.05) is 0 Å². The van der Waals surface area contributed by atoms with Gasteiger partial charge in [-0.1, -0.05) is 50.1 Å². The number of alkyl halides is 3. The van der Waals surface area contributed by atoms with Gasteiger partial charge >= 0.3 is 6.36 Å². The van der Waals surface area contributed by atoms with E-state index in [4.69, 9.17) is 0 Å². The Kier molecular flexibility index (Phi) is 6.15. The number of hydrogen-bond donors (Lipinski definition) is 1. The maximum Gasteiger partial charge on any atom is 0.573 e. The van der Waals surface area contributed by atoms with Crippen molar-refractivity contribution in [2.45, 2.75) is 45.4 Å². The molecule has 0 amide bonds. The third kappa shape index (κ3) is 4.89. The van der Waals surface area contributed by atoms with E-state index in [2.05, 4.69) is 17.7 Å². The molecule has 0 radical (unpaired) electrons. The summed E-state index contributed by atoms with van der Waals surface area (Å²) in [5.74, 6) is -5.42. The van der Waals surface area contributed by atoms with E-state index in [1.54, 1.807) is 24.3 Å². The van der Waals surface area contributed by atoms with Crippen LogP contribution in [-0.4, -0.2) is 11.5 Å². The van der Waals surface area contributed by atoms with Crippen molar-refractivity contribution in [3.63, 3.8) is 0 Å². The summed E-state index contributed by atoms with van der Waals surface area (Å²) < 4.78 is 68.3. The molecule has 2 aromatic carbocycles. The van der Waals surface area contributed by atoms with Crippen LogP contribution in [0.3, 0.4) is 0 Å². The number of benzene rings is 2. The Balaban J connectivity index is 1.85. The summed E-state index contributed by atoms with van der Waals surface area (Å²) in [4.78, 5) is 0. The zero-order chi connectivity index (χ0) is 21.2. The predicted octanol–water partition coefficient (Wildman–Crippen LogP) is 7.22. The fraction of sp³-hybridized carbons (Fsp3) is 0.364. The van der Waals surface area contributed by atoms with Gasteiger partial charge in [-0.05, 0) is 47.9 Å². The number of phenolic OH excluding ortho intramolecular Hbond substituents is 1. The lowest BCUT2D eigenvalue weighted by Crippen LogP contribution is -2.19. The number of hydrogen-bond acceptors (Lipinski definition) is 2. The second-order valence-electron chi connectivity index (χ2n) is 7.18. The van der Waals surface area contributed by atoms with Crippen molar-refractivity contribution in [3.05, 3.63) is 53.6 Å². The number of ether oxygens (including phenoxy) is 1. The van der Waals surface area contributed by atoms with Gasteiger partial charge in [0.2, 0.25) is 11.6 Å². The predicted molar refractivity (Wildman–Crippen MR) is 100 cm³/mol. The van der Waals surface area contributed by atoms with Crippen molar-refractivity contribution >= 4 is 5.57 Å². The van der Waals surface area contributed by atoms with E-state index in [1.165, 1.54) is 12.0 Å². The van der Waals surface area contributed by atoms with Crippen LogP contribution in [0.5, 0.6) is 11.5 Å². The van der Waals surface area contributed by atoms with Gasteiger partial charge in [-0.25, -0.2) is 4.39 Å². The molecule has 2 aromatic rings. The van der Waals surface area contributed by atoms with Gasteiger partial charge < -0.3 is 9.84 Å². The van der Waals surface area contributed by atoms with Crippen molar-refractivity contribution in [1.82, 2.24) is 0 Å². The number of rotatable bonds is 5. The molecule has 1 unspecified atom stereocenters. The van der Waals surface area contributed by atoms with Crippen LogP contribution in [0.2, 0.25) is 0 Å². The van der Waals surface area contributed by atoms with E-state index in [9.17, 15) is 27.1 Å². The minimum Gasteiger partial charge on any atom is -0.504 e. The van der Waals surface area contributed by atoms with Crippen molar-refractivity contribution in [1.29, 1.82) is 0 Å². The molecule has 2 nitrogen and oxygen atoms in total. The van der Waals surface area contributed by atoms with Gasteiger partial charge in [-0.15, -0.1) is 13.2 Å². The van der Waals surface area contributed by atoms with Crippen LogP contribution in [0.1, 0.15) is 44.6 Å². The molecule has 0 saturated heterocycles. The summed E-state index contributed by atoms with van der Waals surface area (Å²) in [6.45, 7) is 2.17. The third-order valence-corrected chi connectivity index (χ3v) is 5.15. The van der Waals surface area contributed by atoms with Crippen molar-refractivity contribution in [3.8, 4) is 22.6 Å². The SMILES string of the molecule is CCCC1CC=C(c2ccc(-c3cc(F)c(OC(F)(F)F)c(F)c3O)cc2)CC1. The molecule has 156 valence electrons. The summed E-state index contributed by atoms with van der Waals surface area (Å²) in [5.41, 5.74) is 2.20. The smallest absolute Gasteiger partial charge is 0.504 e. The molecular formula is C22H21F5O2. The minimum atomic E-state index is -5.28. The maximum atomic E-state index is 14.1. The van der Waals surface area contributed by atoms with Gasteiger partial charge in [0.1, 0.15) is 0 Å². The average molecular weight is 412 g/mol. The summed E-state index contributed by atoms with van der Waals surface area (Å²) in [6.07, 6.45) is 2.36. The fourth-order valence-corrected chi connectivity index (χ4v) is 3.71. The third-order valence-electron chi connectivity index (χ3n) is 5.15. The fourth-order valence-electron chi connectivity index (χ4n) is 3.71. The number of aromatic hydroxyl groups is 1. The molecule has 7 heteroatoms. The first kappa shape index (κ1) is 21.1. The quantitative estimate of drug-likeness (QED) is 0.526. The largest absolute Gasteiger partial charge is 0.573 e. The molecule has 0 bridgehead atoms. The van der Waals surface area contributed by atoms with Gasteiger partial charge in [-0.3, -0.25) is 0 Å². The normalized spacial score (nSPS) is 17.2. The first-order chi connectivity index (χ1) is 13.7. The molecule has 1 aliphatic carbocycles. The highest BCUT2D eigenvalue weighted by atomic mass is 19.4. The lowest BCUT2D eigenvalue weighted by molar-refractivity contribution is -0.276. The van der Waals surface area contributed by atoms with Crippen LogP contribution in [0.25, 0.3) is 16.7 Å². The van der Waals surface area contributed by atoms with Gasteiger partial charge in [-0.2, -0.15) is 4.39 Å². The molecule has 0 spiro atoms. The van der Waals surface area contributed by atoms with Crippen molar-refractivity contribution in [2.24, 2.45) is 5.92 Å². The average Bonchev–Trinajstić information content (AvgIpc) is 2.68. The molecule has 1 aliphatic rings. The van der Waals surface area contributed by atoms with E-state index in [0.717, 1.165) is 31.2 Å². The monoisotopic (exact) mass is 412 g/mol. The Morgan fingerprint density at radius 1 is 1.10 bits per heavy atom. The van der Waals surface area contributed by atoms with Crippen LogP contribution >= 0.6 is 0 Å². The van der Waals surface area contributed by atoms with Crippen LogP contribution in [0.15, 0.2) is 36.4 Å². The Hall–Kier alpha value is -2.57. The number of halogens is 5. The van der Waals surface area contributed by atoms with Crippen molar-refractivity contribution < 1.29 is 31.8 Å². The highest BCUT2D eigenvalue weighted by molar-refractivity contribution is 5.75. The topological polar surface area (TPSA) is 29.5 Å². The van der Waals surface area contributed by atoms with Gasteiger partial charge in [0.25, 0.3) is 0 Å². The van der Waals surface area contributed by atoms with E-state index in [1.807, 2.05) is 0 Å². The Morgan fingerprint density at radius 3 is 2.31 bits per heavy atom. The van der Waals surface area contributed by atoms with Crippen LogP contribution in [0.4, 0.5) is 22.0 Å². The first-order valence-electron chi connectivity index (χ1n) is 9.46. The highest BCUT2D eigenvalue weighted by Gasteiger charge is 2.35. The van der Waals surface area contributed by atoms with E-state index in [0.29, 0.717) is 12.0 Å². The van der Waals surface area contributed by atoms with Crippen LogP contribution < -0.4 is 4.74 Å². The summed E-state index contributed by atoms with van der Waals surface area (Å²) in [7, 11) is 0. The maximum absolute atomic E-state index is 14.1. The lowest BCUT2D eigenvalue weighted by Gasteiger charge is -2.21. The van der Waals surface area contributed by atoms with E-state index < -0.39 is 29.5 Å². The zero-order valence-electron chi connectivity index (χ0n) is 15.8. The second kappa shape index (κ2) is 8.43. The molecule has 1 N–H and O–H groups in total. The molecule has 0 heterocycles. The Labute approximate surface area is 165 Å². The second-order valence-corrected chi connectivity index (χ2v) is 7.18. The van der Waals surface area contributed by atoms with Crippen LogP contribution in [-0.2, 0) is 0 Å². The van der Waals surface area contributed by atoms with Gasteiger partial charge in [0.15, 0.2) is 11.6 Å². The molecular weight excluding hydrogens is 391 g/mol. The summed E-state index contributed by atoms with van der Waals surface area (Å²) >= 11 is 0. The highest BCUT2D eigenvalue weighted by Crippen LogP contribution is 2.41. The summed E-state index contributed by atoms with van der Waals surface area (Å²) in [6, 6.07) is 7.33. The van der Waals surface area contributed by atoms with Crippen LogP contribution in [0, 0.1) is 17.6 Å². The number of phenols is 1. The lowest BCUT2D eigenvalue weighted by atomic mass is 9.84. The molecule has 3 rings (SSSR count). The molecule has 0 saturated carbocycles. The Morgan fingerprint density at radius 2 is 1.76 bits per heavy atom. The molecule has 1 atom stereocenters. The number of allylic oxidation sites excluding steroid dienone is 2. The van der Waals surface area contributed by atoms with E-state index in [-0.39, 0.29) is 11.1 Å². The van der Waals surface area contributed by atoms with Gasteiger partial charge in [0.05, 0.1) is 0 Å². The zero-order valence-corrected chi connectivity index (χ0v) is 15.8. The van der Waals surface area contributed by atoms with Gasteiger partial charge in [0, 0.05) is 5.56 Å². The summed E-state index contributed by atoms with van der Waals surface area (Å²) in [5, 5.41) is 9.95. The minimum absolute atomic E-state index is 0.248. The molecule has 0 aliphatic heterocycles. The standard InChI is InChI=1S/C22H21F5O2/c1-2-3-13-4-6-14(7-5-13)15-8-10-16(11-9-15)17-12-18(23)21(19(24)20(17)28)29-22(25,26)27/h6,8-13,28H,2-5,7H2,1H3. The molecule has 29 heavy (non-hydrogen) atoms. The Bertz CT molecular complexity index is 901. The molecule has 0 fully saturated rings.